The Bertz CT molecular complexity index is 263. The van der Waals surface area contributed by atoms with Gasteiger partial charge in [-0.3, -0.25) is 0 Å². The fraction of sp³-hybridized carbons (Fsp3) is 1.00. The number of unbranched alkanes of at least 4 members (excludes halogenated alkanes) is 4. The molecule has 2 heteroatoms. The summed E-state index contributed by atoms with van der Waals surface area (Å²) in [5.74, 6) is 2.29. The van der Waals surface area contributed by atoms with Crippen molar-refractivity contribution in [2.75, 3.05) is 13.2 Å². The summed E-state index contributed by atoms with van der Waals surface area (Å²) in [4.78, 5) is 0. The topological polar surface area (TPSA) is 18.5 Å². The van der Waals surface area contributed by atoms with Gasteiger partial charge in [-0.25, -0.2) is 0 Å². The predicted octanol–water partition coefficient (Wildman–Crippen LogP) is 5.94. The van der Waals surface area contributed by atoms with Crippen molar-refractivity contribution in [2.45, 2.75) is 97.2 Å². The van der Waals surface area contributed by atoms with Crippen LogP contribution in [0, 0.1) is 17.8 Å². The maximum absolute atomic E-state index is 6.08. The first-order valence-corrected chi connectivity index (χ1v) is 10.1. The highest BCUT2D eigenvalue weighted by atomic mass is 16.7. The smallest absolute Gasteiger partial charge is 0.160 e. The van der Waals surface area contributed by atoms with Crippen molar-refractivity contribution in [1.29, 1.82) is 0 Å². The van der Waals surface area contributed by atoms with Gasteiger partial charge in [0.1, 0.15) is 0 Å². The van der Waals surface area contributed by atoms with Crippen LogP contribution in [-0.2, 0) is 9.47 Å². The Labute approximate surface area is 138 Å². The molecule has 0 aromatic carbocycles. The molecule has 0 aromatic rings. The van der Waals surface area contributed by atoms with E-state index < -0.39 is 0 Å². The molecule has 1 aliphatic carbocycles. The molecule has 2 aliphatic rings. The van der Waals surface area contributed by atoms with Gasteiger partial charge in [0.25, 0.3) is 0 Å². The summed E-state index contributed by atoms with van der Waals surface area (Å²) in [5.41, 5.74) is 0. The molecule has 1 aliphatic heterocycles. The molecule has 0 radical (unpaired) electrons. The van der Waals surface area contributed by atoms with Crippen LogP contribution in [0.1, 0.15) is 90.9 Å². The molecule has 0 atom stereocenters. The first-order chi connectivity index (χ1) is 10.8. The van der Waals surface area contributed by atoms with Crippen LogP contribution in [0.2, 0.25) is 0 Å². The van der Waals surface area contributed by atoms with Crippen molar-refractivity contribution < 1.29 is 9.47 Å². The molecule has 0 amide bonds. The van der Waals surface area contributed by atoms with Gasteiger partial charge in [0.2, 0.25) is 0 Å². The van der Waals surface area contributed by atoms with Crippen molar-refractivity contribution in [3.8, 4) is 0 Å². The van der Waals surface area contributed by atoms with Gasteiger partial charge in [0.05, 0.1) is 13.2 Å². The Balaban J connectivity index is 1.55. The third-order valence-electron chi connectivity index (χ3n) is 5.68. The van der Waals surface area contributed by atoms with Crippen molar-refractivity contribution in [3.63, 3.8) is 0 Å². The molecule has 0 N–H and O–H groups in total. The summed E-state index contributed by atoms with van der Waals surface area (Å²) < 4.78 is 12.2. The average Bonchev–Trinajstić information content (AvgIpc) is 2.56. The lowest BCUT2D eigenvalue weighted by Crippen LogP contribution is -2.38. The van der Waals surface area contributed by atoms with Crippen LogP contribution in [-0.4, -0.2) is 19.5 Å². The van der Waals surface area contributed by atoms with Crippen LogP contribution in [0.25, 0.3) is 0 Å². The van der Waals surface area contributed by atoms with Crippen LogP contribution in [0.5, 0.6) is 0 Å². The minimum atomic E-state index is 0.110. The number of rotatable bonds is 9. The Hall–Kier alpha value is -0.0800. The van der Waals surface area contributed by atoms with Crippen molar-refractivity contribution >= 4 is 0 Å². The second-order valence-corrected chi connectivity index (χ2v) is 7.67. The SMILES string of the molecule is CCCCCCCC1COC(C2CCC(CCC)CC2)OC1. The van der Waals surface area contributed by atoms with E-state index in [1.807, 2.05) is 0 Å². The van der Waals surface area contributed by atoms with Crippen molar-refractivity contribution in [2.24, 2.45) is 17.8 Å². The molecule has 2 rings (SSSR count). The van der Waals surface area contributed by atoms with Crippen LogP contribution in [0.3, 0.4) is 0 Å². The first kappa shape index (κ1) is 18.3. The Morgan fingerprint density at radius 1 is 0.682 bits per heavy atom. The highest BCUT2D eigenvalue weighted by Crippen LogP contribution is 2.36. The van der Waals surface area contributed by atoms with E-state index >= 15 is 0 Å². The zero-order chi connectivity index (χ0) is 15.6. The van der Waals surface area contributed by atoms with E-state index in [4.69, 9.17) is 9.47 Å². The first-order valence-electron chi connectivity index (χ1n) is 10.1. The van der Waals surface area contributed by atoms with E-state index in [0.717, 1.165) is 19.1 Å². The van der Waals surface area contributed by atoms with Gasteiger partial charge < -0.3 is 9.47 Å². The number of hydrogen-bond acceptors (Lipinski definition) is 2. The van der Waals surface area contributed by atoms with Crippen LogP contribution in [0.4, 0.5) is 0 Å². The Morgan fingerprint density at radius 2 is 1.36 bits per heavy atom. The molecule has 2 fully saturated rings. The second-order valence-electron chi connectivity index (χ2n) is 7.67. The molecule has 1 saturated carbocycles. The lowest BCUT2D eigenvalue weighted by Gasteiger charge is -2.37. The fourth-order valence-corrected chi connectivity index (χ4v) is 4.19. The zero-order valence-electron chi connectivity index (χ0n) is 15.0. The summed E-state index contributed by atoms with van der Waals surface area (Å²) in [6.07, 6.45) is 16.4. The average molecular weight is 311 g/mol. The number of hydrogen-bond donors (Lipinski definition) is 0. The molecular weight excluding hydrogens is 272 g/mol. The molecule has 1 heterocycles. The third kappa shape index (κ3) is 6.20. The Morgan fingerprint density at radius 3 is 2.00 bits per heavy atom. The zero-order valence-corrected chi connectivity index (χ0v) is 15.0. The normalized spacial score (nSPS) is 33.0. The second kappa shape index (κ2) is 10.6. The maximum atomic E-state index is 6.08. The van der Waals surface area contributed by atoms with E-state index in [-0.39, 0.29) is 6.29 Å². The molecule has 0 unspecified atom stereocenters. The predicted molar refractivity (Wildman–Crippen MR) is 92.9 cm³/mol. The van der Waals surface area contributed by atoms with Gasteiger partial charge >= 0.3 is 0 Å². The Kier molecular flexibility index (Phi) is 8.84. The molecule has 130 valence electrons. The van der Waals surface area contributed by atoms with Gasteiger partial charge in [-0.15, -0.1) is 0 Å². The van der Waals surface area contributed by atoms with E-state index in [0.29, 0.717) is 11.8 Å². The molecule has 0 aromatic heterocycles. The molecule has 1 saturated heterocycles. The summed E-state index contributed by atoms with van der Waals surface area (Å²) in [5, 5.41) is 0. The number of ether oxygens (including phenoxy) is 2. The van der Waals surface area contributed by atoms with Gasteiger partial charge in [-0.1, -0.05) is 58.8 Å². The monoisotopic (exact) mass is 310 g/mol. The molecular formula is C20H38O2. The van der Waals surface area contributed by atoms with E-state index in [1.165, 1.54) is 77.0 Å². The van der Waals surface area contributed by atoms with E-state index in [9.17, 15) is 0 Å². The maximum Gasteiger partial charge on any atom is 0.160 e. The molecule has 0 spiro atoms. The summed E-state index contributed by atoms with van der Waals surface area (Å²) in [7, 11) is 0. The highest BCUT2D eigenvalue weighted by molar-refractivity contribution is 4.76. The van der Waals surface area contributed by atoms with Crippen molar-refractivity contribution in [1.82, 2.24) is 0 Å². The van der Waals surface area contributed by atoms with Crippen LogP contribution in [0.15, 0.2) is 0 Å². The highest BCUT2D eigenvalue weighted by Gasteiger charge is 2.32. The minimum absolute atomic E-state index is 0.110. The van der Waals surface area contributed by atoms with Gasteiger partial charge in [0, 0.05) is 11.8 Å². The van der Waals surface area contributed by atoms with Crippen molar-refractivity contribution in [3.05, 3.63) is 0 Å². The standard InChI is InChI=1S/C20H38O2/c1-3-5-6-7-8-10-18-15-21-20(22-16-18)19-13-11-17(9-4-2)12-14-19/h17-20H,3-16H2,1-2H3. The van der Waals surface area contributed by atoms with E-state index in [1.54, 1.807) is 0 Å². The molecule has 0 bridgehead atoms. The molecule has 22 heavy (non-hydrogen) atoms. The summed E-state index contributed by atoms with van der Waals surface area (Å²) in [6.45, 7) is 6.46. The van der Waals surface area contributed by atoms with Crippen LogP contribution < -0.4 is 0 Å². The van der Waals surface area contributed by atoms with Gasteiger partial charge in [-0.05, 0) is 38.0 Å². The fourth-order valence-electron chi connectivity index (χ4n) is 4.19. The minimum Gasteiger partial charge on any atom is -0.352 e. The molecule has 2 nitrogen and oxygen atoms in total. The van der Waals surface area contributed by atoms with Crippen LogP contribution >= 0.6 is 0 Å². The lowest BCUT2D eigenvalue weighted by atomic mass is 9.79. The summed E-state index contributed by atoms with van der Waals surface area (Å²) >= 11 is 0. The van der Waals surface area contributed by atoms with Gasteiger partial charge in [0.15, 0.2) is 6.29 Å². The van der Waals surface area contributed by atoms with Gasteiger partial charge in [-0.2, -0.15) is 0 Å². The third-order valence-corrected chi connectivity index (χ3v) is 5.68. The quantitative estimate of drug-likeness (QED) is 0.490. The largest absolute Gasteiger partial charge is 0.352 e. The summed E-state index contributed by atoms with van der Waals surface area (Å²) in [6, 6.07) is 0. The van der Waals surface area contributed by atoms with E-state index in [2.05, 4.69) is 13.8 Å². The lowest BCUT2D eigenvalue weighted by molar-refractivity contribution is -0.230.